The summed E-state index contributed by atoms with van der Waals surface area (Å²) in [5.74, 6) is 0.905. The molecule has 0 radical (unpaired) electrons. The first-order valence-corrected chi connectivity index (χ1v) is 12.7. The molecule has 0 saturated carbocycles. The normalized spacial score (nSPS) is 11.5. The largest absolute Gasteiger partial charge is 0.317 e. The lowest BCUT2D eigenvalue weighted by Crippen LogP contribution is -2.07. The quantitative estimate of drug-likeness (QED) is 0.223. The maximum atomic E-state index is 4.89. The number of anilines is 2. The van der Waals surface area contributed by atoms with E-state index in [-0.39, 0.29) is 0 Å². The second-order valence-electron chi connectivity index (χ2n) is 8.99. The van der Waals surface area contributed by atoms with Crippen molar-refractivity contribution in [3.8, 4) is 5.69 Å². The first kappa shape index (κ1) is 23.3. The van der Waals surface area contributed by atoms with Crippen LogP contribution < -0.4 is 4.90 Å². The molecule has 0 atom stereocenters. The molecule has 0 N–H and O–H groups in total. The van der Waals surface area contributed by atoms with Gasteiger partial charge >= 0.3 is 0 Å². The molecule has 6 rings (SSSR count). The van der Waals surface area contributed by atoms with E-state index < -0.39 is 0 Å². The van der Waals surface area contributed by atoms with Crippen LogP contribution in [0.25, 0.3) is 34.9 Å². The Balaban J connectivity index is 1.26. The molecule has 0 amide bonds. The van der Waals surface area contributed by atoms with E-state index in [0.29, 0.717) is 0 Å². The molecule has 0 unspecified atom stereocenters. The van der Waals surface area contributed by atoms with Gasteiger partial charge in [0.05, 0.1) is 11.0 Å². The van der Waals surface area contributed by atoms with Crippen LogP contribution >= 0.6 is 0 Å². The average Bonchev–Trinajstić information content (AvgIpc) is 3.37. The molecule has 6 aromatic rings. The third-order valence-corrected chi connectivity index (χ3v) is 6.45. The highest BCUT2D eigenvalue weighted by Crippen LogP contribution is 2.26. The van der Waals surface area contributed by atoms with Crippen molar-refractivity contribution < 1.29 is 0 Å². The molecule has 0 bridgehead atoms. The van der Waals surface area contributed by atoms with Crippen molar-refractivity contribution in [2.45, 2.75) is 0 Å². The van der Waals surface area contributed by atoms with Gasteiger partial charge in [0.1, 0.15) is 5.82 Å². The number of para-hydroxylation sites is 5. The van der Waals surface area contributed by atoms with E-state index >= 15 is 0 Å². The van der Waals surface area contributed by atoms with Crippen LogP contribution in [0.4, 0.5) is 11.4 Å². The van der Waals surface area contributed by atoms with Gasteiger partial charge in [0.15, 0.2) is 0 Å². The Bertz CT molecular complexity index is 1640. The number of fused-ring (bicyclic) bond motifs is 1. The van der Waals surface area contributed by atoms with Crippen LogP contribution in [0, 0.1) is 0 Å². The highest BCUT2D eigenvalue weighted by molar-refractivity contribution is 5.82. The van der Waals surface area contributed by atoms with E-state index in [2.05, 4.69) is 149 Å². The average molecular weight is 490 g/mol. The third kappa shape index (κ3) is 5.04. The molecular formula is C35H27N3. The van der Waals surface area contributed by atoms with Gasteiger partial charge in [-0.1, -0.05) is 97.1 Å². The van der Waals surface area contributed by atoms with Crippen LogP contribution in [0.3, 0.4) is 0 Å². The van der Waals surface area contributed by atoms with Crippen molar-refractivity contribution in [2.75, 3.05) is 4.90 Å². The number of imidazole rings is 1. The summed E-state index contributed by atoms with van der Waals surface area (Å²) in [7, 11) is 0. The third-order valence-electron chi connectivity index (χ3n) is 6.45. The highest BCUT2D eigenvalue weighted by Gasteiger charge is 2.10. The van der Waals surface area contributed by atoms with Crippen molar-refractivity contribution >= 4 is 40.6 Å². The fraction of sp³-hybridized carbons (Fsp3) is 0. The van der Waals surface area contributed by atoms with E-state index in [1.165, 1.54) is 0 Å². The van der Waals surface area contributed by atoms with E-state index in [0.717, 1.165) is 45.0 Å². The van der Waals surface area contributed by atoms with Crippen molar-refractivity contribution in [3.05, 3.63) is 163 Å². The molecule has 0 aliphatic carbocycles. The monoisotopic (exact) mass is 489 g/mol. The fourth-order valence-electron chi connectivity index (χ4n) is 4.55. The molecule has 3 heteroatoms. The second kappa shape index (κ2) is 10.9. The Morgan fingerprint density at radius 2 is 1.03 bits per heavy atom. The lowest BCUT2D eigenvalue weighted by molar-refractivity contribution is 1.07. The lowest BCUT2D eigenvalue weighted by Gasteiger charge is -2.20. The topological polar surface area (TPSA) is 21.1 Å². The number of hydrogen-bond acceptors (Lipinski definition) is 2. The second-order valence-corrected chi connectivity index (χ2v) is 8.99. The molecule has 1 heterocycles. The summed E-state index contributed by atoms with van der Waals surface area (Å²) < 4.78 is 2.20. The van der Waals surface area contributed by atoms with Crippen LogP contribution in [0.15, 0.2) is 146 Å². The van der Waals surface area contributed by atoms with Crippen molar-refractivity contribution in [1.29, 1.82) is 0 Å². The minimum absolute atomic E-state index is 0.905. The Hall–Kier alpha value is -5.15. The van der Waals surface area contributed by atoms with Crippen LogP contribution in [0.2, 0.25) is 0 Å². The molecule has 182 valence electrons. The van der Waals surface area contributed by atoms with Gasteiger partial charge in [-0.25, -0.2) is 4.98 Å². The Morgan fingerprint density at radius 1 is 0.500 bits per heavy atom. The van der Waals surface area contributed by atoms with E-state index in [1.54, 1.807) is 0 Å². The summed E-state index contributed by atoms with van der Waals surface area (Å²) in [4.78, 5) is 7.08. The van der Waals surface area contributed by atoms with Crippen LogP contribution in [-0.4, -0.2) is 9.55 Å². The Morgan fingerprint density at radius 3 is 1.66 bits per heavy atom. The molecule has 0 saturated heterocycles. The zero-order chi connectivity index (χ0) is 25.6. The smallest absolute Gasteiger partial charge is 0.138 e. The van der Waals surface area contributed by atoms with Gasteiger partial charge in [0.25, 0.3) is 0 Å². The van der Waals surface area contributed by atoms with Gasteiger partial charge in [-0.3, -0.25) is 4.57 Å². The summed E-state index contributed by atoms with van der Waals surface area (Å²) in [5.41, 5.74) is 7.68. The molecule has 1 aromatic heterocycles. The maximum absolute atomic E-state index is 4.89. The Labute approximate surface area is 223 Å². The van der Waals surface area contributed by atoms with E-state index in [4.69, 9.17) is 4.98 Å². The summed E-state index contributed by atoms with van der Waals surface area (Å²) in [6, 6.07) is 48.0. The lowest BCUT2D eigenvalue weighted by atomic mass is 10.1. The first-order chi connectivity index (χ1) is 18.8. The van der Waals surface area contributed by atoms with E-state index in [1.807, 2.05) is 24.3 Å². The van der Waals surface area contributed by atoms with Crippen LogP contribution in [-0.2, 0) is 0 Å². The molecular weight excluding hydrogens is 462 g/mol. The highest BCUT2D eigenvalue weighted by atomic mass is 15.1. The molecule has 0 spiro atoms. The number of benzene rings is 5. The Kier molecular flexibility index (Phi) is 6.64. The minimum Gasteiger partial charge on any atom is -0.317 e. The number of nitrogens with zero attached hydrogens (tertiary/aromatic N) is 3. The zero-order valence-electron chi connectivity index (χ0n) is 20.9. The van der Waals surface area contributed by atoms with Crippen molar-refractivity contribution in [3.63, 3.8) is 0 Å². The SMILES string of the molecule is C(=Cc1nc2ccccc2n1-c1ccccc1)c1ccc(C=CN(c2ccccc2)c2ccccc2)cc1. The van der Waals surface area contributed by atoms with Gasteiger partial charge in [-0.15, -0.1) is 0 Å². The van der Waals surface area contributed by atoms with Crippen LogP contribution in [0.5, 0.6) is 0 Å². The molecule has 0 aliphatic rings. The molecule has 3 nitrogen and oxygen atoms in total. The predicted molar refractivity (Wildman–Crippen MR) is 160 cm³/mol. The summed E-state index contributed by atoms with van der Waals surface area (Å²) in [5, 5.41) is 0. The summed E-state index contributed by atoms with van der Waals surface area (Å²) >= 11 is 0. The van der Waals surface area contributed by atoms with Crippen LogP contribution in [0.1, 0.15) is 17.0 Å². The van der Waals surface area contributed by atoms with Gasteiger partial charge < -0.3 is 4.90 Å². The standard InChI is InChI=1S/C35H27N3/c1-4-12-30(13-5-1)37(31-14-6-2-7-15-31)27-26-29-22-20-28(21-23-29)24-25-35-36-33-18-10-11-19-34(33)38(35)32-16-8-3-9-17-32/h1-27H. The molecule has 0 aliphatic heterocycles. The predicted octanol–water partition coefficient (Wildman–Crippen LogP) is 9.00. The number of aromatic nitrogens is 2. The van der Waals surface area contributed by atoms with Gasteiger partial charge in [0, 0.05) is 23.3 Å². The maximum Gasteiger partial charge on any atom is 0.138 e. The number of rotatable bonds is 7. The van der Waals surface area contributed by atoms with Gasteiger partial charge in [0.2, 0.25) is 0 Å². The molecule has 0 fully saturated rings. The van der Waals surface area contributed by atoms with Gasteiger partial charge in [-0.2, -0.15) is 0 Å². The molecule has 38 heavy (non-hydrogen) atoms. The van der Waals surface area contributed by atoms with Gasteiger partial charge in [-0.05, 0) is 71.8 Å². The van der Waals surface area contributed by atoms with Crippen molar-refractivity contribution in [2.24, 2.45) is 0 Å². The van der Waals surface area contributed by atoms with Crippen molar-refractivity contribution in [1.82, 2.24) is 9.55 Å². The number of hydrogen-bond donors (Lipinski definition) is 0. The first-order valence-electron chi connectivity index (χ1n) is 12.7. The zero-order valence-corrected chi connectivity index (χ0v) is 20.9. The summed E-state index contributed by atoms with van der Waals surface area (Å²) in [6.45, 7) is 0. The minimum atomic E-state index is 0.905. The summed E-state index contributed by atoms with van der Waals surface area (Å²) in [6.07, 6.45) is 8.47. The van der Waals surface area contributed by atoms with E-state index in [9.17, 15) is 0 Å². The fourth-order valence-corrected chi connectivity index (χ4v) is 4.55. The molecule has 5 aromatic carbocycles.